The molecule has 0 unspecified atom stereocenters. The largest absolute Gasteiger partial charge is 0.310 e. The van der Waals surface area contributed by atoms with Crippen LogP contribution in [-0.2, 0) is 6.54 Å². The number of hydrogen-bond acceptors (Lipinski definition) is 5. The Morgan fingerprint density at radius 3 is 2.67 bits per heavy atom. The second-order valence-corrected chi connectivity index (χ2v) is 6.95. The predicted octanol–water partition coefficient (Wildman–Crippen LogP) is 2.20. The Labute approximate surface area is 114 Å². The summed E-state index contributed by atoms with van der Waals surface area (Å²) in [6.45, 7) is 12.6. The summed E-state index contributed by atoms with van der Waals surface area (Å²) in [5.74, 6) is 1.80. The molecule has 0 fully saturated rings. The summed E-state index contributed by atoms with van der Waals surface area (Å²) >= 11 is 1.74. The van der Waals surface area contributed by atoms with Crippen LogP contribution in [0.3, 0.4) is 0 Å². The molecule has 1 aromatic rings. The Hall–Kier alpha value is -0.620. The van der Waals surface area contributed by atoms with Crippen molar-refractivity contribution in [2.45, 2.75) is 58.3 Å². The van der Waals surface area contributed by atoms with Gasteiger partial charge in [-0.25, -0.2) is 4.68 Å². The summed E-state index contributed by atoms with van der Waals surface area (Å²) in [4.78, 5) is 0. The first kappa shape index (κ1) is 15.4. The molecule has 1 aromatic heterocycles. The molecule has 0 saturated heterocycles. The van der Waals surface area contributed by atoms with Crippen molar-refractivity contribution in [1.29, 1.82) is 0 Å². The van der Waals surface area contributed by atoms with Crippen LogP contribution >= 0.6 is 11.8 Å². The van der Waals surface area contributed by atoms with E-state index >= 15 is 0 Å². The zero-order valence-electron chi connectivity index (χ0n) is 12.1. The van der Waals surface area contributed by atoms with E-state index in [1.165, 1.54) is 6.42 Å². The first-order valence-electron chi connectivity index (χ1n) is 6.52. The quantitative estimate of drug-likeness (QED) is 0.771. The molecule has 0 aliphatic heterocycles. The number of nitrogens with zero attached hydrogens (tertiary/aromatic N) is 4. The molecule has 1 N–H and O–H groups in total. The van der Waals surface area contributed by atoms with Crippen molar-refractivity contribution in [3.63, 3.8) is 0 Å². The molecule has 6 heteroatoms. The zero-order chi connectivity index (χ0) is 13.6. The molecular formula is C12H25N5S. The second-order valence-electron chi connectivity index (χ2n) is 5.89. The third-order valence-electron chi connectivity index (χ3n) is 2.40. The third kappa shape index (κ3) is 6.35. The van der Waals surface area contributed by atoms with Crippen LogP contribution in [0.4, 0.5) is 0 Å². The van der Waals surface area contributed by atoms with Crippen LogP contribution in [0.1, 0.15) is 41.0 Å². The van der Waals surface area contributed by atoms with Crippen molar-refractivity contribution in [2.24, 2.45) is 5.92 Å². The maximum absolute atomic E-state index is 4.07. The fraction of sp³-hybridized carbons (Fsp3) is 0.917. The standard InChI is InChI=1S/C12H25N5S/c1-10(2)6-9-18-11-14-15-16-17(11)8-7-13-12(3,4)5/h10,13H,6-9H2,1-5H3. The lowest BCUT2D eigenvalue weighted by atomic mass is 10.1. The van der Waals surface area contributed by atoms with Crippen LogP contribution in [-0.4, -0.2) is 38.0 Å². The molecule has 0 aliphatic carbocycles. The average molecular weight is 271 g/mol. The zero-order valence-corrected chi connectivity index (χ0v) is 12.9. The molecule has 0 aromatic carbocycles. The highest BCUT2D eigenvalue weighted by Gasteiger charge is 2.10. The van der Waals surface area contributed by atoms with E-state index in [-0.39, 0.29) is 5.54 Å². The minimum absolute atomic E-state index is 0.138. The van der Waals surface area contributed by atoms with Crippen molar-refractivity contribution in [2.75, 3.05) is 12.3 Å². The highest BCUT2D eigenvalue weighted by Crippen LogP contribution is 2.16. The first-order chi connectivity index (χ1) is 8.38. The first-order valence-corrected chi connectivity index (χ1v) is 7.51. The highest BCUT2D eigenvalue weighted by atomic mass is 32.2. The molecule has 0 aliphatic rings. The summed E-state index contributed by atoms with van der Waals surface area (Å²) < 4.78 is 1.88. The Morgan fingerprint density at radius 1 is 1.33 bits per heavy atom. The smallest absolute Gasteiger partial charge is 0.209 e. The molecule has 1 rings (SSSR count). The average Bonchev–Trinajstić information content (AvgIpc) is 2.63. The van der Waals surface area contributed by atoms with E-state index in [9.17, 15) is 0 Å². The molecule has 104 valence electrons. The van der Waals surface area contributed by atoms with Gasteiger partial charge in [-0.05, 0) is 43.5 Å². The van der Waals surface area contributed by atoms with Crippen molar-refractivity contribution in [3.05, 3.63) is 0 Å². The predicted molar refractivity (Wildman–Crippen MR) is 75.8 cm³/mol. The monoisotopic (exact) mass is 271 g/mol. The minimum Gasteiger partial charge on any atom is -0.310 e. The molecule has 0 bridgehead atoms. The molecule has 1 heterocycles. The molecule has 0 amide bonds. The maximum atomic E-state index is 4.07. The van der Waals surface area contributed by atoms with Gasteiger partial charge in [0.25, 0.3) is 0 Å². The van der Waals surface area contributed by atoms with Crippen molar-refractivity contribution < 1.29 is 0 Å². The van der Waals surface area contributed by atoms with Crippen LogP contribution in [0.15, 0.2) is 5.16 Å². The lowest BCUT2D eigenvalue weighted by molar-refractivity contribution is 0.396. The van der Waals surface area contributed by atoms with Gasteiger partial charge >= 0.3 is 0 Å². The van der Waals surface area contributed by atoms with E-state index < -0.39 is 0 Å². The maximum Gasteiger partial charge on any atom is 0.209 e. The van der Waals surface area contributed by atoms with Gasteiger partial charge < -0.3 is 5.32 Å². The van der Waals surface area contributed by atoms with E-state index in [0.717, 1.165) is 29.9 Å². The summed E-state index contributed by atoms with van der Waals surface area (Å²) in [6.07, 6.45) is 1.19. The van der Waals surface area contributed by atoms with E-state index in [4.69, 9.17) is 0 Å². The third-order valence-corrected chi connectivity index (χ3v) is 3.39. The van der Waals surface area contributed by atoms with Gasteiger partial charge in [0.05, 0.1) is 6.54 Å². The number of aromatic nitrogens is 4. The number of tetrazole rings is 1. The van der Waals surface area contributed by atoms with Gasteiger partial charge in [-0.2, -0.15) is 0 Å². The van der Waals surface area contributed by atoms with Crippen LogP contribution < -0.4 is 5.32 Å². The Morgan fingerprint density at radius 2 is 2.06 bits per heavy atom. The number of hydrogen-bond donors (Lipinski definition) is 1. The number of rotatable bonds is 7. The van der Waals surface area contributed by atoms with Crippen LogP contribution in [0.25, 0.3) is 0 Å². The van der Waals surface area contributed by atoms with Crippen LogP contribution in [0.5, 0.6) is 0 Å². The second kappa shape index (κ2) is 7.09. The fourth-order valence-corrected chi connectivity index (χ4v) is 2.51. The van der Waals surface area contributed by atoms with Crippen molar-refractivity contribution >= 4 is 11.8 Å². The Kier molecular flexibility index (Phi) is 6.08. The molecule has 0 spiro atoms. The Balaban J connectivity index is 2.35. The minimum atomic E-state index is 0.138. The normalized spacial score (nSPS) is 12.3. The van der Waals surface area contributed by atoms with Gasteiger partial charge in [0.15, 0.2) is 0 Å². The van der Waals surface area contributed by atoms with E-state index in [0.29, 0.717) is 0 Å². The number of nitrogens with one attached hydrogen (secondary N) is 1. The van der Waals surface area contributed by atoms with E-state index in [1.54, 1.807) is 11.8 Å². The summed E-state index contributed by atoms with van der Waals surface area (Å²) in [6, 6.07) is 0. The molecule has 0 radical (unpaired) electrons. The molecule has 0 atom stereocenters. The van der Waals surface area contributed by atoms with Gasteiger partial charge in [0.1, 0.15) is 0 Å². The Bertz CT molecular complexity index is 342. The van der Waals surface area contributed by atoms with E-state index in [2.05, 4.69) is 55.5 Å². The topological polar surface area (TPSA) is 55.6 Å². The van der Waals surface area contributed by atoms with Gasteiger partial charge in [0.2, 0.25) is 5.16 Å². The molecule has 5 nitrogen and oxygen atoms in total. The lowest BCUT2D eigenvalue weighted by Gasteiger charge is -2.20. The van der Waals surface area contributed by atoms with Gasteiger partial charge in [-0.1, -0.05) is 25.6 Å². The number of thioether (sulfide) groups is 1. The van der Waals surface area contributed by atoms with Crippen molar-refractivity contribution in [3.8, 4) is 0 Å². The lowest BCUT2D eigenvalue weighted by Crippen LogP contribution is -2.38. The molecular weight excluding hydrogens is 246 g/mol. The summed E-state index contributed by atoms with van der Waals surface area (Å²) in [5.41, 5.74) is 0.138. The van der Waals surface area contributed by atoms with Gasteiger partial charge in [0, 0.05) is 17.8 Å². The van der Waals surface area contributed by atoms with Crippen LogP contribution in [0, 0.1) is 5.92 Å². The fourth-order valence-electron chi connectivity index (χ4n) is 1.36. The van der Waals surface area contributed by atoms with E-state index in [1.807, 2.05) is 4.68 Å². The van der Waals surface area contributed by atoms with Crippen LogP contribution in [0.2, 0.25) is 0 Å². The highest BCUT2D eigenvalue weighted by molar-refractivity contribution is 7.99. The summed E-state index contributed by atoms with van der Waals surface area (Å²) in [7, 11) is 0. The van der Waals surface area contributed by atoms with Crippen molar-refractivity contribution in [1.82, 2.24) is 25.5 Å². The summed E-state index contributed by atoms with van der Waals surface area (Å²) in [5, 5.41) is 16.2. The van der Waals surface area contributed by atoms with Gasteiger partial charge in [-0.15, -0.1) is 5.10 Å². The van der Waals surface area contributed by atoms with Gasteiger partial charge in [-0.3, -0.25) is 0 Å². The molecule has 18 heavy (non-hydrogen) atoms. The molecule has 0 saturated carbocycles. The SMILES string of the molecule is CC(C)CCSc1nnnn1CCNC(C)(C)C.